The molecule has 0 amide bonds. The largest absolute Gasteiger partial charge is 0.472 e. The van der Waals surface area contributed by atoms with E-state index < -0.39 is 0 Å². The van der Waals surface area contributed by atoms with Gasteiger partial charge in [0.1, 0.15) is 28.8 Å². The molecule has 5 rings (SSSR count). The fourth-order valence-electron chi connectivity index (χ4n) is 2.60. The lowest BCUT2D eigenvalue weighted by molar-refractivity contribution is 0.568. The van der Waals surface area contributed by atoms with E-state index in [1.165, 1.54) is 0 Å². The van der Waals surface area contributed by atoms with Crippen molar-refractivity contribution in [3.8, 4) is 11.4 Å². The number of nitrogens with zero attached hydrogens (tertiary/aromatic N) is 5. The Bertz CT molecular complexity index is 1140. The average Bonchev–Trinajstić information content (AvgIpc) is 3.35. The zero-order chi connectivity index (χ0) is 15.9. The van der Waals surface area contributed by atoms with Crippen molar-refractivity contribution >= 4 is 28.3 Å². The molecular formula is C16H11N7O. The smallest absolute Gasteiger partial charge is 0.165 e. The van der Waals surface area contributed by atoms with Gasteiger partial charge in [0.2, 0.25) is 0 Å². The van der Waals surface area contributed by atoms with Gasteiger partial charge in [-0.05, 0) is 18.2 Å². The molecule has 0 bridgehead atoms. The van der Waals surface area contributed by atoms with Gasteiger partial charge in [-0.1, -0.05) is 6.07 Å². The van der Waals surface area contributed by atoms with E-state index >= 15 is 0 Å². The number of hydrogen-bond donors (Lipinski definition) is 2. The number of furan rings is 1. The monoisotopic (exact) mass is 317 g/mol. The van der Waals surface area contributed by atoms with Crippen LogP contribution >= 0.6 is 0 Å². The van der Waals surface area contributed by atoms with Crippen LogP contribution in [0.3, 0.4) is 0 Å². The first-order valence-electron chi connectivity index (χ1n) is 7.31. The number of imidazole rings is 1. The molecule has 5 aromatic heterocycles. The fourth-order valence-corrected chi connectivity index (χ4v) is 2.60. The highest BCUT2D eigenvalue weighted by molar-refractivity contribution is 5.88. The lowest BCUT2D eigenvalue weighted by Gasteiger charge is -2.07. The summed E-state index contributed by atoms with van der Waals surface area (Å²) >= 11 is 0. The van der Waals surface area contributed by atoms with E-state index in [4.69, 9.17) is 4.42 Å². The molecule has 0 saturated carbocycles. The second-order valence-corrected chi connectivity index (χ2v) is 5.24. The van der Waals surface area contributed by atoms with Gasteiger partial charge in [0.25, 0.3) is 0 Å². The predicted octanol–water partition coefficient (Wildman–Crippen LogP) is 3.00. The summed E-state index contributed by atoms with van der Waals surface area (Å²) in [4.78, 5) is 13.5. The molecule has 0 radical (unpaired) electrons. The molecule has 8 heteroatoms. The second-order valence-electron chi connectivity index (χ2n) is 5.24. The molecule has 24 heavy (non-hydrogen) atoms. The van der Waals surface area contributed by atoms with Gasteiger partial charge in [0.15, 0.2) is 11.6 Å². The van der Waals surface area contributed by atoms with Crippen molar-refractivity contribution in [3.05, 3.63) is 55.4 Å². The van der Waals surface area contributed by atoms with Gasteiger partial charge in [-0.2, -0.15) is 5.10 Å². The molecular weight excluding hydrogens is 306 g/mol. The van der Waals surface area contributed by atoms with Crippen LogP contribution in [0.25, 0.3) is 28.1 Å². The zero-order valence-electron chi connectivity index (χ0n) is 12.3. The number of aromatic nitrogens is 6. The molecule has 0 fully saturated rings. The van der Waals surface area contributed by atoms with Crippen LogP contribution in [0, 0.1) is 0 Å². The van der Waals surface area contributed by atoms with E-state index in [0.29, 0.717) is 11.6 Å². The molecule has 116 valence electrons. The summed E-state index contributed by atoms with van der Waals surface area (Å²) in [6, 6.07) is 7.65. The Hall–Kier alpha value is -3.68. The quantitative estimate of drug-likeness (QED) is 0.531. The summed E-state index contributed by atoms with van der Waals surface area (Å²) in [5.74, 6) is 1.99. The highest BCUT2D eigenvalue weighted by atomic mass is 16.3. The van der Waals surface area contributed by atoms with Gasteiger partial charge in [-0.25, -0.2) is 15.0 Å². The minimum atomic E-state index is 0.564. The number of nitrogens with one attached hydrogen (secondary N) is 2. The average molecular weight is 317 g/mol. The maximum atomic E-state index is 5.13. The molecule has 0 aliphatic rings. The Morgan fingerprint density at radius 2 is 2.12 bits per heavy atom. The Labute approximate surface area is 135 Å². The van der Waals surface area contributed by atoms with Crippen LogP contribution in [0.5, 0.6) is 0 Å². The third kappa shape index (κ3) is 1.93. The Kier molecular flexibility index (Phi) is 2.63. The van der Waals surface area contributed by atoms with E-state index in [9.17, 15) is 0 Å². The Morgan fingerprint density at radius 3 is 3.04 bits per heavy atom. The molecule has 0 unspecified atom stereocenters. The molecule has 5 aromatic rings. The number of hydrogen-bond acceptors (Lipinski definition) is 6. The molecule has 0 aromatic carbocycles. The van der Waals surface area contributed by atoms with Gasteiger partial charge in [-0.3, -0.25) is 9.50 Å². The highest BCUT2D eigenvalue weighted by Crippen LogP contribution is 2.26. The van der Waals surface area contributed by atoms with E-state index in [0.717, 1.165) is 28.1 Å². The third-order valence-electron chi connectivity index (χ3n) is 3.74. The van der Waals surface area contributed by atoms with Gasteiger partial charge in [0.05, 0.1) is 24.2 Å². The minimum Gasteiger partial charge on any atom is -0.472 e. The van der Waals surface area contributed by atoms with Crippen LogP contribution in [0.1, 0.15) is 0 Å². The van der Waals surface area contributed by atoms with Crippen molar-refractivity contribution in [2.75, 3.05) is 5.32 Å². The van der Waals surface area contributed by atoms with Crippen LogP contribution in [0.15, 0.2) is 59.8 Å². The molecule has 0 saturated heterocycles. The number of pyridine rings is 1. The molecule has 0 aliphatic heterocycles. The lowest BCUT2D eigenvalue weighted by Crippen LogP contribution is -2.00. The summed E-state index contributed by atoms with van der Waals surface area (Å²) in [5.41, 5.74) is 3.11. The van der Waals surface area contributed by atoms with Crippen LogP contribution < -0.4 is 5.32 Å². The molecule has 0 spiro atoms. The summed E-state index contributed by atoms with van der Waals surface area (Å²) in [6.45, 7) is 0. The third-order valence-corrected chi connectivity index (χ3v) is 3.74. The lowest BCUT2D eigenvalue weighted by atomic mass is 10.3. The Morgan fingerprint density at radius 1 is 1.12 bits per heavy atom. The summed E-state index contributed by atoms with van der Waals surface area (Å²) in [7, 11) is 0. The number of H-pyrrole nitrogens is 1. The maximum absolute atomic E-state index is 5.13. The summed E-state index contributed by atoms with van der Waals surface area (Å²) in [5, 5.41) is 10.3. The molecule has 0 aliphatic carbocycles. The summed E-state index contributed by atoms with van der Waals surface area (Å²) < 4.78 is 7.07. The number of rotatable bonds is 3. The van der Waals surface area contributed by atoms with Crippen LogP contribution in [0.2, 0.25) is 0 Å². The highest BCUT2D eigenvalue weighted by Gasteiger charge is 2.13. The van der Waals surface area contributed by atoms with Crippen molar-refractivity contribution in [1.29, 1.82) is 0 Å². The number of anilines is 2. The first kappa shape index (κ1) is 12.8. The summed E-state index contributed by atoms with van der Waals surface area (Å²) in [6.07, 6.45) is 8.57. The van der Waals surface area contributed by atoms with Gasteiger partial charge in [-0.15, -0.1) is 0 Å². The fraction of sp³-hybridized carbons (Fsp3) is 0. The predicted molar refractivity (Wildman–Crippen MR) is 87.9 cm³/mol. The van der Waals surface area contributed by atoms with Gasteiger partial charge in [0, 0.05) is 6.20 Å². The van der Waals surface area contributed by atoms with E-state index in [1.807, 2.05) is 34.9 Å². The van der Waals surface area contributed by atoms with Crippen molar-refractivity contribution in [3.63, 3.8) is 0 Å². The number of fused-ring (bicyclic) bond motifs is 2. The molecule has 5 heterocycles. The van der Waals surface area contributed by atoms with Crippen LogP contribution in [-0.4, -0.2) is 29.5 Å². The minimum absolute atomic E-state index is 0.564. The van der Waals surface area contributed by atoms with Crippen LogP contribution in [0.4, 0.5) is 11.6 Å². The van der Waals surface area contributed by atoms with Crippen molar-refractivity contribution in [2.24, 2.45) is 0 Å². The van der Waals surface area contributed by atoms with Gasteiger partial charge >= 0.3 is 0 Å². The SMILES string of the molecule is c1ccn2c(Nc3nc(-c4ccoc4)nc4cn[nH]c34)cnc2c1. The normalized spacial score (nSPS) is 11.3. The van der Waals surface area contributed by atoms with E-state index in [2.05, 4.69) is 30.5 Å². The standard InChI is InChI=1S/C16H11N7O/c1-2-5-23-12(3-1)17-8-13(23)20-16-14-11(7-18-22-14)19-15(21-16)10-4-6-24-9-10/h1-9H,(H,18,22)(H,19,20,21). The molecule has 8 nitrogen and oxygen atoms in total. The molecule has 2 N–H and O–H groups in total. The van der Waals surface area contributed by atoms with E-state index in [1.54, 1.807) is 24.9 Å². The second kappa shape index (κ2) is 4.92. The Balaban J connectivity index is 1.67. The van der Waals surface area contributed by atoms with Crippen LogP contribution in [-0.2, 0) is 0 Å². The van der Waals surface area contributed by atoms with Crippen molar-refractivity contribution in [2.45, 2.75) is 0 Å². The topological polar surface area (TPSA) is 96.9 Å². The van der Waals surface area contributed by atoms with Crippen molar-refractivity contribution in [1.82, 2.24) is 29.5 Å². The van der Waals surface area contributed by atoms with E-state index in [-0.39, 0.29) is 0 Å². The first-order valence-corrected chi connectivity index (χ1v) is 7.31. The zero-order valence-corrected chi connectivity index (χ0v) is 12.3. The first-order chi connectivity index (χ1) is 11.9. The number of aromatic amines is 1. The van der Waals surface area contributed by atoms with Crippen molar-refractivity contribution < 1.29 is 4.42 Å². The van der Waals surface area contributed by atoms with Gasteiger partial charge < -0.3 is 9.73 Å². The molecule has 0 atom stereocenters. The maximum Gasteiger partial charge on any atom is 0.165 e.